The van der Waals surface area contributed by atoms with E-state index >= 15 is 0 Å². The summed E-state index contributed by atoms with van der Waals surface area (Å²) in [6, 6.07) is 8.76. The van der Waals surface area contributed by atoms with Gasteiger partial charge in [-0.1, -0.05) is 24.3 Å². The number of fused-ring (bicyclic) bond motifs is 3. The maximum Gasteiger partial charge on any atom is 0.0486 e. The molecule has 2 nitrogen and oxygen atoms in total. The molecule has 1 aliphatic rings. The number of para-hydroxylation sites is 1. The molecule has 0 bridgehead atoms. The van der Waals surface area contributed by atoms with Crippen molar-refractivity contribution in [2.75, 3.05) is 13.1 Å². The zero-order chi connectivity index (χ0) is 12.5. The minimum Gasteiger partial charge on any atom is -0.342 e. The monoisotopic (exact) mass is 240 g/mol. The molecular formula is C16H20N2. The second-order valence-electron chi connectivity index (χ2n) is 5.09. The Labute approximate surface area is 109 Å². The highest BCUT2D eigenvalue weighted by Crippen LogP contribution is 2.28. The Bertz CT molecular complexity index is 580. The van der Waals surface area contributed by atoms with Crippen molar-refractivity contribution < 1.29 is 0 Å². The lowest BCUT2D eigenvalue weighted by Gasteiger charge is -2.29. The van der Waals surface area contributed by atoms with Crippen LogP contribution in [0, 0.1) is 6.92 Å². The fraction of sp³-hybridized carbons (Fsp3) is 0.375. The molecule has 1 aromatic heterocycles. The van der Waals surface area contributed by atoms with Crippen molar-refractivity contribution in [1.82, 2.24) is 9.47 Å². The lowest BCUT2D eigenvalue weighted by Crippen LogP contribution is -2.34. The summed E-state index contributed by atoms with van der Waals surface area (Å²) in [7, 11) is 0. The van der Waals surface area contributed by atoms with Crippen molar-refractivity contribution in [2.45, 2.75) is 26.4 Å². The number of aromatic nitrogens is 1. The third kappa shape index (κ3) is 1.77. The fourth-order valence-electron chi connectivity index (χ4n) is 2.99. The van der Waals surface area contributed by atoms with Gasteiger partial charge in [-0.05, 0) is 25.0 Å². The van der Waals surface area contributed by atoms with Crippen molar-refractivity contribution in [3.63, 3.8) is 0 Å². The number of hydrogen-bond acceptors (Lipinski definition) is 1. The Morgan fingerprint density at radius 3 is 2.94 bits per heavy atom. The van der Waals surface area contributed by atoms with Gasteiger partial charge in [-0.3, -0.25) is 4.90 Å². The Balaban J connectivity index is 1.98. The van der Waals surface area contributed by atoms with E-state index in [2.05, 4.69) is 47.2 Å². The quantitative estimate of drug-likeness (QED) is 0.747. The molecule has 2 aromatic rings. The Kier molecular flexibility index (Phi) is 2.96. The van der Waals surface area contributed by atoms with E-state index in [1.54, 1.807) is 0 Å². The summed E-state index contributed by atoms with van der Waals surface area (Å²) in [5, 5.41) is 1.41. The number of benzene rings is 1. The van der Waals surface area contributed by atoms with Crippen LogP contribution in [0.3, 0.4) is 0 Å². The minimum atomic E-state index is 1.08. The van der Waals surface area contributed by atoms with Crippen molar-refractivity contribution in [2.24, 2.45) is 0 Å². The highest BCUT2D eigenvalue weighted by Gasteiger charge is 2.20. The van der Waals surface area contributed by atoms with E-state index in [9.17, 15) is 0 Å². The predicted octanol–water partition coefficient (Wildman–Crippen LogP) is 3.34. The van der Waals surface area contributed by atoms with Crippen LogP contribution in [0.1, 0.15) is 17.7 Å². The van der Waals surface area contributed by atoms with Crippen LogP contribution in [0.2, 0.25) is 0 Å². The second kappa shape index (κ2) is 4.62. The molecule has 0 atom stereocenters. The molecule has 0 saturated carbocycles. The Morgan fingerprint density at radius 1 is 1.28 bits per heavy atom. The average Bonchev–Trinajstić information content (AvgIpc) is 2.71. The van der Waals surface area contributed by atoms with Crippen molar-refractivity contribution >= 4 is 10.9 Å². The molecule has 0 unspecified atom stereocenters. The van der Waals surface area contributed by atoms with Gasteiger partial charge in [0.2, 0.25) is 0 Å². The molecule has 0 amide bonds. The van der Waals surface area contributed by atoms with E-state index in [1.165, 1.54) is 22.2 Å². The summed E-state index contributed by atoms with van der Waals surface area (Å²) in [5.41, 5.74) is 4.34. The van der Waals surface area contributed by atoms with Crippen molar-refractivity contribution in [1.29, 1.82) is 0 Å². The van der Waals surface area contributed by atoms with Gasteiger partial charge in [0.05, 0.1) is 0 Å². The number of nitrogens with zero attached hydrogens (tertiary/aromatic N) is 2. The number of aryl methyl sites for hydroxylation is 1. The molecule has 18 heavy (non-hydrogen) atoms. The van der Waals surface area contributed by atoms with E-state index in [0.29, 0.717) is 0 Å². The maximum absolute atomic E-state index is 3.81. The third-order valence-corrected chi connectivity index (χ3v) is 4.02. The molecular weight excluding hydrogens is 220 g/mol. The zero-order valence-electron chi connectivity index (χ0n) is 11.0. The van der Waals surface area contributed by atoms with Gasteiger partial charge in [0.1, 0.15) is 0 Å². The zero-order valence-corrected chi connectivity index (χ0v) is 11.0. The van der Waals surface area contributed by atoms with Gasteiger partial charge in [-0.25, -0.2) is 0 Å². The van der Waals surface area contributed by atoms with Gasteiger partial charge in [0.25, 0.3) is 0 Å². The first-order chi connectivity index (χ1) is 8.81. The van der Waals surface area contributed by atoms with Gasteiger partial charge in [0.15, 0.2) is 0 Å². The third-order valence-electron chi connectivity index (χ3n) is 4.02. The molecule has 3 rings (SSSR count). The number of rotatable bonds is 3. The van der Waals surface area contributed by atoms with Crippen LogP contribution in [-0.2, 0) is 13.1 Å². The summed E-state index contributed by atoms with van der Waals surface area (Å²) in [5.74, 6) is 0. The first-order valence-corrected chi connectivity index (χ1v) is 6.71. The molecule has 0 saturated heterocycles. The van der Waals surface area contributed by atoms with Gasteiger partial charge in [-0.15, -0.1) is 6.58 Å². The predicted molar refractivity (Wildman–Crippen MR) is 76.8 cm³/mol. The maximum atomic E-state index is 3.81. The van der Waals surface area contributed by atoms with E-state index in [1.807, 2.05) is 6.08 Å². The van der Waals surface area contributed by atoms with Gasteiger partial charge >= 0.3 is 0 Å². The molecule has 0 fully saturated rings. The van der Waals surface area contributed by atoms with Crippen molar-refractivity contribution in [3.05, 3.63) is 48.2 Å². The van der Waals surface area contributed by atoms with Gasteiger partial charge < -0.3 is 4.57 Å². The largest absolute Gasteiger partial charge is 0.342 e. The average molecular weight is 240 g/mol. The molecule has 0 aliphatic carbocycles. The molecule has 1 aromatic carbocycles. The second-order valence-corrected chi connectivity index (χ2v) is 5.09. The molecule has 0 N–H and O–H groups in total. The Hall–Kier alpha value is -1.54. The summed E-state index contributed by atoms with van der Waals surface area (Å²) in [6.07, 6.45) is 3.09. The van der Waals surface area contributed by atoms with E-state index in [4.69, 9.17) is 0 Å². The fourth-order valence-corrected chi connectivity index (χ4v) is 2.99. The number of hydrogen-bond donors (Lipinski definition) is 0. The van der Waals surface area contributed by atoms with Crippen LogP contribution in [0.4, 0.5) is 0 Å². The van der Waals surface area contributed by atoms with Crippen LogP contribution >= 0.6 is 0 Å². The van der Waals surface area contributed by atoms with Crippen LogP contribution in [0.5, 0.6) is 0 Å². The van der Waals surface area contributed by atoms with Gasteiger partial charge in [-0.2, -0.15) is 0 Å². The molecule has 0 radical (unpaired) electrons. The summed E-state index contributed by atoms with van der Waals surface area (Å²) < 4.78 is 2.50. The molecule has 1 aliphatic heterocycles. The summed E-state index contributed by atoms with van der Waals surface area (Å²) in [6.45, 7) is 10.5. The summed E-state index contributed by atoms with van der Waals surface area (Å²) >= 11 is 0. The molecule has 94 valence electrons. The van der Waals surface area contributed by atoms with E-state index in [-0.39, 0.29) is 0 Å². The molecule has 0 spiro atoms. The van der Waals surface area contributed by atoms with Crippen LogP contribution in [0.25, 0.3) is 10.9 Å². The minimum absolute atomic E-state index is 1.08. The normalized spacial score (nSPS) is 15.8. The lowest BCUT2D eigenvalue weighted by atomic mass is 10.1. The molecule has 2 heteroatoms. The van der Waals surface area contributed by atoms with E-state index in [0.717, 1.165) is 32.6 Å². The van der Waals surface area contributed by atoms with Gasteiger partial charge in [0, 0.05) is 42.8 Å². The smallest absolute Gasteiger partial charge is 0.0486 e. The first kappa shape index (κ1) is 11.5. The Morgan fingerprint density at radius 2 is 2.11 bits per heavy atom. The van der Waals surface area contributed by atoms with Crippen molar-refractivity contribution in [3.8, 4) is 0 Å². The van der Waals surface area contributed by atoms with Crippen LogP contribution < -0.4 is 0 Å². The van der Waals surface area contributed by atoms with Crippen LogP contribution in [-0.4, -0.2) is 22.6 Å². The SMILES string of the molecule is C=CCCN1CCn2c(c(C)c3ccccc32)C1. The standard InChI is InChI=1S/C16H20N2/c1-3-4-9-17-10-11-18-15-8-6-5-7-14(15)13(2)16(18)12-17/h3,5-8H,1,4,9-12H2,2H3. The van der Waals surface area contributed by atoms with E-state index < -0.39 is 0 Å². The highest BCUT2D eigenvalue weighted by molar-refractivity contribution is 5.85. The molecule has 2 heterocycles. The topological polar surface area (TPSA) is 8.17 Å². The highest BCUT2D eigenvalue weighted by atomic mass is 15.2. The van der Waals surface area contributed by atoms with Crippen LogP contribution in [0.15, 0.2) is 36.9 Å². The first-order valence-electron chi connectivity index (χ1n) is 6.71. The lowest BCUT2D eigenvalue weighted by molar-refractivity contribution is 0.227. The summed E-state index contributed by atoms with van der Waals surface area (Å²) in [4.78, 5) is 2.53.